The highest BCUT2D eigenvalue weighted by Crippen LogP contribution is 2.11. The molecule has 4 nitrogen and oxygen atoms in total. The van der Waals surface area contributed by atoms with Crippen LogP contribution in [0.4, 0.5) is 0 Å². The van der Waals surface area contributed by atoms with Crippen molar-refractivity contribution in [3.05, 3.63) is 0 Å². The molecule has 0 aliphatic carbocycles. The summed E-state index contributed by atoms with van der Waals surface area (Å²) in [7, 11) is 2.07. The van der Waals surface area contributed by atoms with Gasteiger partial charge in [-0.05, 0) is 45.8 Å². The van der Waals surface area contributed by atoms with Gasteiger partial charge in [-0.3, -0.25) is 0 Å². The Morgan fingerprint density at radius 3 is 3.00 bits per heavy atom. The number of piperidine rings is 1. The molecule has 1 aliphatic rings. The summed E-state index contributed by atoms with van der Waals surface area (Å²) in [5.41, 5.74) is 0. The highest BCUT2D eigenvalue weighted by Gasteiger charge is 2.16. The van der Waals surface area contributed by atoms with Gasteiger partial charge in [0.2, 0.25) is 0 Å². The molecule has 4 heteroatoms. The van der Waals surface area contributed by atoms with E-state index in [1.807, 2.05) is 6.92 Å². The Balaban J connectivity index is 2.11. The lowest BCUT2D eigenvalue weighted by Crippen LogP contribution is -2.40. The number of nitrogens with one attached hydrogen (secondary N) is 1. The molecule has 1 heterocycles. The molecule has 2 atom stereocenters. The standard InChI is InChI=1S/C12H26N2O2/c1-3-16-10-12(15)9-14(2)8-11-5-4-6-13-7-11/h11-13,15H,3-10H2,1-2H3. The number of nitrogens with zero attached hydrogens (tertiary/aromatic N) is 1. The lowest BCUT2D eigenvalue weighted by molar-refractivity contribution is 0.0227. The quantitative estimate of drug-likeness (QED) is 0.661. The zero-order valence-corrected chi connectivity index (χ0v) is 10.6. The van der Waals surface area contributed by atoms with Crippen molar-refractivity contribution >= 4 is 0 Å². The first-order valence-corrected chi connectivity index (χ1v) is 6.37. The summed E-state index contributed by atoms with van der Waals surface area (Å²) in [4.78, 5) is 2.21. The SMILES string of the molecule is CCOCC(O)CN(C)CC1CCCNC1. The number of aliphatic hydroxyl groups excluding tert-OH is 1. The third-order valence-electron chi connectivity index (χ3n) is 3.01. The van der Waals surface area contributed by atoms with Crippen molar-refractivity contribution in [1.82, 2.24) is 10.2 Å². The third-order valence-corrected chi connectivity index (χ3v) is 3.01. The highest BCUT2D eigenvalue weighted by atomic mass is 16.5. The van der Waals surface area contributed by atoms with Gasteiger partial charge in [-0.1, -0.05) is 0 Å². The van der Waals surface area contributed by atoms with Gasteiger partial charge in [0, 0.05) is 19.7 Å². The number of rotatable bonds is 7. The fraction of sp³-hybridized carbons (Fsp3) is 1.00. The molecule has 0 aromatic rings. The first kappa shape index (κ1) is 13.9. The summed E-state index contributed by atoms with van der Waals surface area (Å²) >= 11 is 0. The molecule has 0 aromatic heterocycles. The van der Waals surface area contributed by atoms with Crippen LogP contribution in [0.15, 0.2) is 0 Å². The molecule has 0 aromatic carbocycles. The number of ether oxygens (including phenoxy) is 1. The molecule has 0 spiro atoms. The summed E-state index contributed by atoms with van der Waals surface area (Å²) in [6.45, 7) is 7.12. The van der Waals surface area contributed by atoms with Crippen LogP contribution in [0.5, 0.6) is 0 Å². The molecular formula is C12H26N2O2. The van der Waals surface area contributed by atoms with Gasteiger partial charge in [0.15, 0.2) is 0 Å². The average Bonchev–Trinajstić information content (AvgIpc) is 2.27. The van der Waals surface area contributed by atoms with E-state index in [9.17, 15) is 5.11 Å². The van der Waals surface area contributed by atoms with Crippen molar-refractivity contribution in [3.8, 4) is 0 Å². The van der Waals surface area contributed by atoms with E-state index in [-0.39, 0.29) is 6.10 Å². The average molecular weight is 230 g/mol. The van der Waals surface area contributed by atoms with E-state index in [1.54, 1.807) is 0 Å². The fourth-order valence-electron chi connectivity index (χ4n) is 2.26. The third kappa shape index (κ3) is 5.80. The number of aliphatic hydroxyl groups is 1. The highest BCUT2D eigenvalue weighted by molar-refractivity contribution is 4.72. The van der Waals surface area contributed by atoms with E-state index in [2.05, 4.69) is 17.3 Å². The maximum atomic E-state index is 9.70. The summed E-state index contributed by atoms with van der Waals surface area (Å²) < 4.78 is 5.20. The van der Waals surface area contributed by atoms with Crippen molar-refractivity contribution in [2.45, 2.75) is 25.9 Å². The molecule has 1 saturated heterocycles. The van der Waals surface area contributed by atoms with Gasteiger partial charge in [-0.25, -0.2) is 0 Å². The van der Waals surface area contributed by atoms with Crippen LogP contribution >= 0.6 is 0 Å². The minimum atomic E-state index is -0.360. The normalized spacial score (nSPS) is 23.6. The van der Waals surface area contributed by atoms with Crippen molar-refractivity contribution < 1.29 is 9.84 Å². The Hall–Kier alpha value is -0.160. The van der Waals surface area contributed by atoms with E-state index in [0.29, 0.717) is 19.8 Å². The molecule has 1 fully saturated rings. The zero-order chi connectivity index (χ0) is 11.8. The number of hydrogen-bond acceptors (Lipinski definition) is 4. The largest absolute Gasteiger partial charge is 0.389 e. The van der Waals surface area contributed by atoms with Gasteiger partial charge >= 0.3 is 0 Å². The van der Waals surface area contributed by atoms with Gasteiger partial charge in [-0.2, -0.15) is 0 Å². The molecule has 16 heavy (non-hydrogen) atoms. The Labute approximate surface area is 99.0 Å². The Bertz CT molecular complexity index is 172. The maximum Gasteiger partial charge on any atom is 0.0900 e. The number of hydrogen-bond donors (Lipinski definition) is 2. The van der Waals surface area contributed by atoms with Crippen molar-refractivity contribution in [1.29, 1.82) is 0 Å². The summed E-state index contributed by atoms with van der Waals surface area (Å²) in [5.74, 6) is 0.734. The molecule has 1 rings (SSSR count). The van der Waals surface area contributed by atoms with Crippen LogP contribution < -0.4 is 5.32 Å². The second-order valence-corrected chi connectivity index (χ2v) is 4.75. The minimum Gasteiger partial charge on any atom is -0.389 e. The van der Waals surface area contributed by atoms with Crippen LogP contribution in [0.2, 0.25) is 0 Å². The van der Waals surface area contributed by atoms with E-state index in [1.165, 1.54) is 12.8 Å². The smallest absolute Gasteiger partial charge is 0.0900 e. The molecule has 2 N–H and O–H groups in total. The molecule has 1 aliphatic heterocycles. The van der Waals surface area contributed by atoms with Crippen LogP contribution in [-0.2, 0) is 4.74 Å². The topological polar surface area (TPSA) is 44.7 Å². The summed E-state index contributed by atoms with van der Waals surface area (Å²) in [6, 6.07) is 0. The van der Waals surface area contributed by atoms with Crippen LogP contribution in [0.25, 0.3) is 0 Å². The first-order chi connectivity index (χ1) is 7.72. The Morgan fingerprint density at radius 2 is 2.38 bits per heavy atom. The minimum absolute atomic E-state index is 0.360. The molecule has 0 bridgehead atoms. The van der Waals surface area contributed by atoms with Gasteiger partial charge in [0.25, 0.3) is 0 Å². The van der Waals surface area contributed by atoms with E-state index >= 15 is 0 Å². The van der Waals surface area contributed by atoms with Crippen LogP contribution in [0.3, 0.4) is 0 Å². The van der Waals surface area contributed by atoms with Gasteiger partial charge in [-0.15, -0.1) is 0 Å². The molecule has 0 saturated carbocycles. The van der Waals surface area contributed by atoms with E-state index < -0.39 is 0 Å². The predicted octanol–water partition coefficient (Wildman–Crippen LogP) is 0.315. The Kier molecular flexibility index (Phi) is 6.96. The molecule has 96 valence electrons. The molecule has 2 unspecified atom stereocenters. The zero-order valence-electron chi connectivity index (χ0n) is 10.6. The van der Waals surface area contributed by atoms with Crippen LogP contribution in [-0.4, -0.2) is 62.6 Å². The predicted molar refractivity (Wildman–Crippen MR) is 65.6 cm³/mol. The van der Waals surface area contributed by atoms with E-state index in [4.69, 9.17) is 4.74 Å². The first-order valence-electron chi connectivity index (χ1n) is 6.37. The summed E-state index contributed by atoms with van der Waals surface area (Å²) in [6.07, 6.45) is 2.22. The van der Waals surface area contributed by atoms with Crippen molar-refractivity contribution in [2.75, 3.05) is 46.4 Å². The molecule has 0 amide bonds. The lowest BCUT2D eigenvalue weighted by Gasteiger charge is -2.28. The van der Waals surface area contributed by atoms with Crippen LogP contribution in [0, 0.1) is 5.92 Å². The van der Waals surface area contributed by atoms with Gasteiger partial charge < -0.3 is 20.1 Å². The lowest BCUT2D eigenvalue weighted by atomic mass is 9.99. The van der Waals surface area contributed by atoms with Crippen molar-refractivity contribution in [2.24, 2.45) is 5.92 Å². The van der Waals surface area contributed by atoms with Gasteiger partial charge in [0.05, 0.1) is 12.7 Å². The summed E-state index contributed by atoms with van der Waals surface area (Å²) in [5, 5.41) is 13.1. The maximum absolute atomic E-state index is 9.70. The van der Waals surface area contributed by atoms with Crippen LogP contribution in [0.1, 0.15) is 19.8 Å². The molecule has 0 radical (unpaired) electrons. The molecular weight excluding hydrogens is 204 g/mol. The second kappa shape index (κ2) is 8.01. The Morgan fingerprint density at radius 1 is 1.56 bits per heavy atom. The van der Waals surface area contributed by atoms with Gasteiger partial charge in [0.1, 0.15) is 0 Å². The number of likely N-dealkylation sites (N-methyl/N-ethyl adjacent to an activating group) is 1. The van der Waals surface area contributed by atoms with E-state index in [0.717, 1.165) is 25.6 Å². The monoisotopic (exact) mass is 230 g/mol. The fourth-order valence-corrected chi connectivity index (χ4v) is 2.26. The van der Waals surface area contributed by atoms with Crippen molar-refractivity contribution in [3.63, 3.8) is 0 Å². The second-order valence-electron chi connectivity index (χ2n) is 4.75.